The predicted octanol–water partition coefficient (Wildman–Crippen LogP) is 2.72. The minimum absolute atomic E-state index is 0.0612. The van der Waals surface area contributed by atoms with Gasteiger partial charge in [0.05, 0.1) is 5.25 Å². The topological polar surface area (TPSA) is 110 Å². The zero-order chi connectivity index (χ0) is 17.8. The summed E-state index contributed by atoms with van der Waals surface area (Å²) in [6.45, 7) is 1.98. The first-order chi connectivity index (χ1) is 12.0. The Morgan fingerprint density at radius 1 is 1.24 bits per heavy atom. The van der Waals surface area contributed by atoms with Crippen molar-refractivity contribution in [3.8, 4) is 0 Å². The minimum atomic E-state index is -0.0612. The van der Waals surface area contributed by atoms with Gasteiger partial charge in [0.2, 0.25) is 17.1 Å². The van der Waals surface area contributed by atoms with Gasteiger partial charge in [-0.2, -0.15) is 15.0 Å². The molecule has 3 heterocycles. The number of aromatic amines is 1. The molecule has 3 N–H and O–H groups in total. The average molecular weight is 374 g/mol. The van der Waals surface area contributed by atoms with Crippen molar-refractivity contribution in [2.45, 2.75) is 17.3 Å². The number of nitrogens with one attached hydrogen (secondary N) is 1. The van der Waals surface area contributed by atoms with Crippen LogP contribution >= 0.6 is 23.1 Å². The van der Waals surface area contributed by atoms with Crippen LogP contribution in [0.1, 0.15) is 28.7 Å². The highest BCUT2D eigenvalue weighted by molar-refractivity contribution is 7.99. The lowest BCUT2D eigenvalue weighted by Gasteiger charge is -2.13. The molecule has 1 atom stereocenters. The van der Waals surface area contributed by atoms with Gasteiger partial charge < -0.3 is 10.6 Å². The molecule has 0 bridgehead atoms. The van der Waals surface area contributed by atoms with E-state index >= 15 is 0 Å². The molecule has 0 saturated carbocycles. The second-order valence-corrected chi connectivity index (χ2v) is 7.65. The Morgan fingerprint density at radius 2 is 2.08 bits per heavy atom. The fraction of sp³-hybridized carbons (Fsp3) is 0.267. The number of H-pyrrole nitrogens is 1. The van der Waals surface area contributed by atoms with E-state index in [1.807, 2.05) is 50.7 Å². The van der Waals surface area contributed by atoms with Crippen molar-refractivity contribution >= 4 is 47.1 Å². The molecule has 3 aromatic rings. The predicted molar refractivity (Wildman–Crippen MR) is 102 cm³/mol. The summed E-state index contributed by atoms with van der Waals surface area (Å²) in [5.41, 5.74) is 5.77. The number of rotatable bonds is 6. The quantitative estimate of drug-likeness (QED) is 0.634. The van der Waals surface area contributed by atoms with Crippen LogP contribution < -0.4 is 10.6 Å². The Hall–Kier alpha value is -2.46. The van der Waals surface area contributed by atoms with Gasteiger partial charge in [0.25, 0.3) is 0 Å². The first kappa shape index (κ1) is 17.4. The molecule has 25 heavy (non-hydrogen) atoms. The largest absolute Gasteiger partial charge is 0.368 e. The monoisotopic (exact) mass is 374 g/mol. The van der Waals surface area contributed by atoms with Crippen LogP contribution in [-0.4, -0.2) is 44.2 Å². The molecule has 0 aliphatic rings. The van der Waals surface area contributed by atoms with Crippen molar-refractivity contribution in [1.82, 2.24) is 30.1 Å². The van der Waals surface area contributed by atoms with E-state index in [0.717, 1.165) is 4.88 Å². The van der Waals surface area contributed by atoms with Gasteiger partial charge in [0, 0.05) is 19.0 Å². The summed E-state index contributed by atoms with van der Waals surface area (Å²) in [4.78, 5) is 20.2. The normalized spacial score (nSPS) is 12.6. The summed E-state index contributed by atoms with van der Waals surface area (Å²) in [6, 6.07) is 4.05. The third-order valence-corrected chi connectivity index (χ3v) is 4.93. The van der Waals surface area contributed by atoms with Crippen molar-refractivity contribution < 1.29 is 0 Å². The van der Waals surface area contributed by atoms with E-state index in [-0.39, 0.29) is 11.2 Å². The van der Waals surface area contributed by atoms with Crippen molar-refractivity contribution in [2.75, 3.05) is 24.7 Å². The molecule has 0 radical (unpaired) electrons. The zero-order valence-electron chi connectivity index (χ0n) is 14.0. The molecule has 0 saturated heterocycles. The number of hydrogen-bond donors (Lipinski definition) is 2. The highest BCUT2D eigenvalue weighted by Gasteiger charge is 2.16. The average Bonchev–Trinajstić information content (AvgIpc) is 3.23. The molecule has 0 aromatic carbocycles. The summed E-state index contributed by atoms with van der Waals surface area (Å²) in [5, 5.41) is 9.74. The molecule has 0 aliphatic carbocycles. The molecule has 0 aliphatic heterocycles. The molecule has 3 rings (SSSR count). The van der Waals surface area contributed by atoms with Crippen molar-refractivity contribution in [3.05, 3.63) is 34.0 Å². The number of thioether (sulfide) groups is 1. The fourth-order valence-electron chi connectivity index (χ4n) is 1.92. The zero-order valence-corrected chi connectivity index (χ0v) is 15.7. The van der Waals surface area contributed by atoms with Crippen LogP contribution in [0.5, 0.6) is 0 Å². The molecule has 0 fully saturated rings. The Labute approximate surface area is 153 Å². The molecule has 0 amide bonds. The highest BCUT2D eigenvalue weighted by atomic mass is 32.2. The number of nitrogens with two attached hydrogens (primary N) is 1. The Bertz CT molecular complexity index is 856. The second kappa shape index (κ2) is 7.62. The molecule has 8 nitrogen and oxygen atoms in total. The first-order valence-electron chi connectivity index (χ1n) is 7.50. The van der Waals surface area contributed by atoms with Gasteiger partial charge >= 0.3 is 0 Å². The van der Waals surface area contributed by atoms with Gasteiger partial charge in [0.1, 0.15) is 11.6 Å². The van der Waals surface area contributed by atoms with Gasteiger partial charge in [-0.25, -0.2) is 4.98 Å². The molecule has 1 unspecified atom stereocenters. The van der Waals surface area contributed by atoms with Gasteiger partial charge in [-0.15, -0.1) is 16.4 Å². The van der Waals surface area contributed by atoms with Crippen LogP contribution in [0.15, 0.2) is 22.7 Å². The highest BCUT2D eigenvalue weighted by Crippen LogP contribution is 2.31. The standard InChI is InChI=1S/C15H18N8S2/c1-9(12-18-13(16)20-14(19-12)23(2)3)25-15-17-11(21-22-15)7-6-10-5-4-8-24-10/h4-9H,1-3H3,(H,17,21,22)(H2,16,18,19,20)/b7-6+. The Kier molecular flexibility index (Phi) is 5.29. The maximum atomic E-state index is 5.77. The van der Waals surface area contributed by atoms with E-state index in [1.54, 1.807) is 16.2 Å². The van der Waals surface area contributed by atoms with Crippen LogP contribution in [0.3, 0.4) is 0 Å². The summed E-state index contributed by atoms with van der Waals surface area (Å²) in [5.74, 6) is 2.04. The van der Waals surface area contributed by atoms with E-state index in [9.17, 15) is 0 Å². The maximum Gasteiger partial charge on any atom is 0.229 e. The molecule has 10 heteroatoms. The van der Waals surface area contributed by atoms with Gasteiger partial charge in [0.15, 0.2) is 0 Å². The van der Waals surface area contributed by atoms with Crippen LogP contribution in [0.25, 0.3) is 12.2 Å². The summed E-state index contributed by atoms with van der Waals surface area (Å²) < 4.78 is 0. The molecular weight excluding hydrogens is 356 g/mol. The molecule has 3 aromatic heterocycles. The van der Waals surface area contributed by atoms with E-state index in [2.05, 4.69) is 30.1 Å². The third kappa shape index (κ3) is 4.54. The van der Waals surface area contributed by atoms with Crippen LogP contribution in [0.4, 0.5) is 11.9 Å². The summed E-state index contributed by atoms with van der Waals surface area (Å²) in [6.07, 6.45) is 3.90. The number of nitrogen functional groups attached to an aromatic ring is 1. The van der Waals surface area contributed by atoms with Crippen molar-refractivity contribution in [1.29, 1.82) is 0 Å². The first-order valence-corrected chi connectivity index (χ1v) is 9.26. The van der Waals surface area contributed by atoms with E-state index in [4.69, 9.17) is 5.73 Å². The van der Waals surface area contributed by atoms with Crippen molar-refractivity contribution in [3.63, 3.8) is 0 Å². The van der Waals surface area contributed by atoms with E-state index < -0.39 is 0 Å². The van der Waals surface area contributed by atoms with Crippen LogP contribution in [0, 0.1) is 0 Å². The molecule has 0 spiro atoms. The second-order valence-electron chi connectivity index (χ2n) is 5.36. The van der Waals surface area contributed by atoms with Gasteiger partial charge in [-0.05, 0) is 30.5 Å². The molecule has 130 valence electrons. The van der Waals surface area contributed by atoms with E-state index in [0.29, 0.717) is 22.8 Å². The Balaban J connectivity index is 1.70. The summed E-state index contributed by atoms with van der Waals surface area (Å²) in [7, 11) is 3.72. The Morgan fingerprint density at radius 3 is 2.80 bits per heavy atom. The SMILES string of the molecule is CC(Sc1n[nH]c(/C=C/c2cccs2)n1)c1nc(N)nc(N(C)C)n1. The smallest absolute Gasteiger partial charge is 0.229 e. The van der Waals surface area contributed by atoms with Crippen LogP contribution in [0.2, 0.25) is 0 Å². The number of anilines is 2. The lowest BCUT2D eigenvalue weighted by molar-refractivity contribution is 0.858. The number of aromatic nitrogens is 6. The summed E-state index contributed by atoms with van der Waals surface area (Å²) >= 11 is 3.13. The number of thiophene rings is 1. The van der Waals surface area contributed by atoms with Gasteiger partial charge in [-0.1, -0.05) is 17.8 Å². The number of nitrogens with zero attached hydrogens (tertiary/aromatic N) is 6. The van der Waals surface area contributed by atoms with Crippen LogP contribution in [-0.2, 0) is 0 Å². The van der Waals surface area contributed by atoms with Gasteiger partial charge in [-0.3, -0.25) is 5.10 Å². The third-order valence-electron chi connectivity index (χ3n) is 3.13. The lowest BCUT2D eigenvalue weighted by atomic mass is 10.4. The van der Waals surface area contributed by atoms with Crippen molar-refractivity contribution in [2.24, 2.45) is 0 Å². The fourth-order valence-corrected chi connectivity index (χ4v) is 3.32. The lowest BCUT2D eigenvalue weighted by Crippen LogP contribution is -2.16. The molecular formula is C15H18N8S2. The maximum absolute atomic E-state index is 5.77. The van der Waals surface area contributed by atoms with E-state index in [1.165, 1.54) is 11.8 Å². The number of hydrogen-bond acceptors (Lipinski definition) is 9. The minimum Gasteiger partial charge on any atom is -0.368 e.